The van der Waals surface area contributed by atoms with Crippen molar-refractivity contribution in [2.45, 2.75) is 38.8 Å². The molecule has 1 N–H and O–H groups in total. The molecule has 110 valence electrons. The molecular formula is C14H17ClNNaO4. The number of carboxylic acids is 1. The van der Waals surface area contributed by atoms with Crippen molar-refractivity contribution in [1.29, 1.82) is 0 Å². The van der Waals surface area contributed by atoms with Gasteiger partial charge in [-0.15, -0.1) is 0 Å². The second-order valence-electron chi connectivity index (χ2n) is 4.47. The molecule has 0 aromatic heterocycles. The molecule has 1 aromatic rings. The SMILES string of the molecule is CCC(C)OC(=O)NC(Cc1ccc(Cl)cc1)C(=O)[O-].[Na+]. The molecule has 1 rings (SSSR count). The van der Waals surface area contributed by atoms with E-state index >= 15 is 0 Å². The van der Waals surface area contributed by atoms with Crippen LogP contribution in [0.4, 0.5) is 4.79 Å². The molecule has 2 unspecified atom stereocenters. The molecule has 1 aromatic carbocycles. The average molecular weight is 322 g/mol. The summed E-state index contributed by atoms with van der Waals surface area (Å²) in [7, 11) is 0. The topological polar surface area (TPSA) is 78.5 Å². The number of alkyl carbamates (subject to hydrolysis) is 1. The first kappa shape index (κ1) is 20.2. The Morgan fingerprint density at radius 2 is 1.90 bits per heavy atom. The molecule has 0 bridgehead atoms. The number of carbonyl (C=O) groups is 2. The number of aliphatic carboxylic acids is 1. The van der Waals surface area contributed by atoms with Gasteiger partial charge in [-0.05, 0) is 37.5 Å². The van der Waals surface area contributed by atoms with Crippen LogP contribution < -0.4 is 40.0 Å². The summed E-state index contributed by atoms with van der Waals surface area (Å²) in [6.07, 6.45) is -0.272. The summed E-state index contributed by atoms with van der Waals surface area (Å²) in [6.45, 7) is 3.59. The molecule has 0 spiro atoms. The third-order valence-electron chi connectivity index (χ3n) is 2.81. The molecule has 0 saturated carbocycles. The van der Waals surface area contributed by atoms with Crippen LogP contribution in [0, 0.1) is 0 Å². The van der Waals surface area contributed by atoms with Crippen LogP contribution in [0.2, 0.25) is 5.02 Å². The third-order valence-corrected chi connectivity index (χ3v) is 3.06. The molecule has 5 nitrogen and oxygen atoms in total. The Morgan fingerprint density at radius 3 is 2.38 bits per heavy atom. The zero-order valence-electron chi connectivity index (χ0n) is 12.4. The molecule has 0 aliphatic carbocycles. The number of halogens is 1. The molecule has 0 radical (unpaired) electrons. The van der Waals surface area contributed by atoms with Gasteiger partial charge in [0.1, 0.15) is 6.10 Å². The van der Waals surface area contributed by atoms with E-state index in [0.717, 1.165) is 5.56 Å². The number of ether oxygens (including phenoxy) is 1. The summed E-state index contributed by atoms with van der Waals surface area (Å²) >= 11 is 5.75. The molecule has 1 amide bonds. The minimum atomic E-state index is -1.36. The average Bonchev–Trinajstić information content (AvgIpc) is 2.40. The summed E-state index contributed by atoms with van der Waals surface area (Å²) in [4.78, 5) is 22.6. The van der Waals surface area contributed by atoms with Gasteiger partial charge in [-0.2, -0.15) is 0 Å². The van der Waals surface area contributed by atoms with Crippen LogP contribution in [-0.4, -0.2) is 24.2 Å². The number of benzene rings is 1. The quantitative estimate of drug-likeness (QED) is 0.649. The van der Waals surface area contributed by atoms with Crippen LogP contribution in [0.1, 0.15) is 25.8 Å². The second kappa shape index (κ2) is 10.1. The predicted molar refractivity (Wildman–Crippen MR) is 73.3 cm³/mol. The standard InChI is InChI=1S/C14H18ClNO4.Na/c1-3-9(2)20-14(19)16-12(13(17)18)8-10-4-6-11(15)7-5-10;/h4-7,9,12H,3,8H2,1-2H3,(H,16,19)(H,17,18);/q;+1/p-1. The normalized spacial score (nSPS) is 12.7. The Labute approximate surface area is 151 Å². The molecule has 0 heterocycles. The molecule has 0 aliphatic heterocycles. The van der Waals surface area contributed by atoms with E-state index in [1.807, 2.05) is 6.92 Å². The van der Waals surface area contributed by atoms with Gasteiger partial charge in [-0.25, -0.2) is 4.79 Å². The van der Waals surface area contributed by atoms with Crippen LogP contribution in [0.15, 0.2) is 24.3 Å². The first-order valence-electron chi connectivity index (χ1n) is 6.34. The Balaban J connectivity index is 0.00000400. The van der Waals surface area contributed by atoms with Crippen molar-refractivity contribution in [3.8, 4) is 0 Å². The van der Waals surface area contributed by atoms with Crippen LogP contribution in [0.3, 0.4) is 0 Å². The smallest absolute Gasteiger partial charge is 0.548 e. The van der Waals surface area contributed by atoms with Gasteiger partial charge < -0.3 is 20.0 Å². The van der Waals surface area contributed by atoms with Crippen LogP contribution in [-0.2, 0) is 16.0 Å². The van der Waals surface area contributed by atoms with Crippen molar-refractivity contribution < 1.29 is 49.0 Å². The van der Waals surface area contributed by atoms with E-state index in [0.29, 0.717) is 11.4 Å². The summed E-state index contributed by atoms with van der Waals surface area (Å²) in [5.41, 5.74) is 0.729. The summed E-state index contributed by atoms with van der Waals surface area (Å²) in [5, 5.41) is 13.9. The van der Waals surface area contributed by atoms with Crippen LogP contribution >= 0.6 is 11.6 Å². The van der Waals surface area contributed by atoms with E-state index in [-0.39, 0.29) is 42.1 Å². The first-order valence-corrected chi connectivity index (χ1v) is 6.72. The summed E-state index contributed by atoms with van der Waals surface area (Å²) in [6, 6.07) is 5.55. The van der Waals surface area contributed by atoms with E-state index in [9.17, 15) is 14.7 Å². The zero-order chi connectivity index (χ0) is 15.1. The molecule has 0 fully saturated rings. The number of hydrogen-bond donors (Lipinski definition) is 1. The predicted octanol–water partition coefficient (Wildman–Crippen LogP) is -1.47. The van der Waals surface area contributed by atoms with Gasteiger partial charge in [0.2, 0.25) is 0 Å². The Hall–Kier alpha value is -0.750. The van der Waals surface area contributed by atoms with Gasteiger partial charge in [0, 0.05) is 5.02 Å². The van der Waals surface area contributed by atoms with Crippen molar-refractivity contribution in [3.63, 3.8) is 0 Å². The molecule has 21 heavy (non-hydrogen) atoms. The van der Waals surface area contributed by atoms with Crippen molar-refractivity contribution in [3.05, 3.63) is 34.9 Å². The van der Waals surface area contributed by atoms with Gasteiger partial charge in [0.25, 0.3) is 0 Å². The maximum absolute atomic E-state index is 11.5. The van der Waals surface area contributed by atoms with E-state index in [2.05, 4.69) is 5.32 Å². The largest absolute Gasteiger partial charge is 1.00 e. The first-order chi connectivity index (χ1) is 9.42. The third kappa shape index (κ3) is 7.71. The Kier molecular flexibility index (Phi) is 9.70. The maximum Gasteiger partial charge on any atom is 1.00 e. The number of hydrogen-bond acceptors (Lipinski definition) is 4. The van der Waals surface area contributed by atoms with Crippen molar-refractivity contribution >= 4 is 23.7 Å². The van der Waals surface area contributed by atoms with E-state index in [4.69, 9.17) is 16.3 Å². The molecule has 0 saturated heterocycles. The number of amides is 1. The van der Waals surface area contributed by atoms with Crippen molar-refractivity contribution in [2.75, 3.05) is 0 Å². The molecule has 7 heteroatoms. The summed E-state index contributed by atoms with van der Waals surface area (Å²) < 4.78 is 4.97. The molecule has 0 aliphatic rings. The molecule has 2 atom stereocenters. The van der Waals surface area contributed by atoms with Crippen molar-refractivity contribution in [2.24, 2.45) is 0 Å². The fraction of sp³-hybridized carbons (Fsp3) is 0.429. The molecular weight excluding hydrogens is 305 g/mol. The van der Waals surface area contributed by atoms with Gasteiger partial charge in [0.05, 0.1) is 12.0 Å². The monoisotopic (exact) mass is 321 g/mol. The van der Waals surface area contributed by atoms with Crippen LogP contribution in [0.25, 0.3) is 0 Å². The van der Waals surface area contributed by atoms with Gasteiger partial charge in [-0.3, -0.25) is 0 Å². The number of nitrogens with one attached hydrogen (secondary N) is 1. The zero-order valence-corrected chi connectivity index (χ0v) is 15.1. The Bertz CT molecular complexity index is 467. The van der Waals surface area contributed by atoms with E-state index in [1.54, 1.807) is 31.2 Å². The number of carbonyl (C=O) groups excluding carboxylic acids is 2. The minimum absolute atomic E-state index is 0. The van der Waals surface area contributed by atoms with Gasteiger partial charge >= 0.3 is 35.7 Å². The minimum Gasteiger partial charge on any atom is -0.548 e. The van der Waals surface area contributed by atoms with Crippen LogP contribution in [0.5, 0.6) is 0 Å². The van der Waals surface area contributed by atoms with Gasteiger partial charge in [-0.1, -0.05) is 30.7 Å². The van der Waals surface area contributed by atoms with Gasteiger partial charge in [0.15, 0.2) is 0 Å². The Morgan fingerprint density at radius 1 is 1.33 bits per heavy atom. The fourth-order valence-electron chi connectivity index (χ4n) is 1.49. The fourth-order valence-corrected chi connectivity index (χ4v) is 1.62. The number of carboxylic acid groups (broad SMARTS) is 1. The van der Waals surface area contributed by atoms with E-state index in [1.165, 1.54) is 0 Å². The maximum atomic E-state index is 11.5. The van der Waals surface area contributed by atoms with Crippen molar-refractivity contribution in [1.82, 2.24) is 5.32 Å². The summed E-state index contributed by atoms with van der Waals surface area (Å²) in [5.74, 6) is -1.36. The van der Waals surface area contributed by atoms with E-state index < -0.39 is 18.1 Å². The second-order valence-corrected chi connectivity index (χ2v) is 4.91. The number of rotatable bonds is 6.